The Morgan fingerprint density at radius 1 is 1.35 bits per heavy atom. The van der Waals surface area contributed by atoms with Gasteiger partial charge < -0.3 is 9.64 Å². The zero-order valence-electron chi connectivity index (χ0n) is 11.5. The number of hydrogen-bond donors (Lipinski definition) is 0. The Hall–Kier alpha value is -1.91. The number of carbonyl (C=O) groups excluding carboxylic acids is 2. The van der Waals surface area contributed by atoms with Crippen LogP contribution in [0.4, 0.5) is 4.39 Å². The number of piperidine rings is 1. The predicted octanol–water partition coefficient (Wildman–Crippen LogP) is 2.24. The first-order valence-electron chi connectivity index (χ1n) is 6.83. The molecule has 4 nitrogen and oxygen atoms in total. The van der Waals surface area contributed by atoms with E-state index in [1.165, 1.54) is 18.2 Å². The normalized spacial score (nSPS) is 16.0. The molecular formula is C15H18FNO3. The summed E-state index contributed by atoms with van der Waals surface area (Å²) in [6.45, 7) is 3.15. The molecule has 5 heteroatoms. The number of ether oxygens (including phenoxy) is 1. The summed E-state index contributed by atoms with van der Waals surface area (Å²) in [5.41, 5.74) is 0.347. The molecule has 0 radical (unpaired) electrons. The molecule has 20 heavy (non-hydrogen) atoms. The third-order valence-electron chi connectivity index (χ3n) is 3.47. The number of halogens is 1. The number of likely N-dealkylation sites (tertiary alicyclic amines) is 1. The van der Waals surface area contributed by atoms with Crippen LogP contribution in [-0.2, 0) is 9.53 Å². The van der Waals surface area contributed by atoms with Crippen LogP contribution >= 0.6 is 0 Å². The van der Waals surface area contributed by atoms with Gasteiger partial charge >= 0.3 is 5.97 Å². The van der Waals surface area contributed by atoms with Gasteiger partial charge in [0.1, 0.15) is 5.82 Å². The van der Waals surface area contributed by atoms with Gasteiger partial charge in [0.15, 0.2) is 0 Å². The highest BCUT2D eigenvalue weighted by Crippen LogP contribution is 2.20. The Kier molecular flexibility index (Phi) is 4.71. The van der Waals surface area contributed by atoms with Crippen molar-refractivity contribution in [2.45, 2.75) is 19.8 Å². The number of carbonyl (C=O) groups is 2. The molecule has 1 saturated heterocycles. The lowest BCUT2D eigenvalue weighted by atomic mass is 9.96. The van der Waals surface area contributed by atoms with E-state index in [9.17, 15) is 14.0 Å². The zero-order valence-corrected chi connectivity index (χ0v) is 11.5. The van der Waals surface area contributed by atoms with E-state index in [-0.39, 0.29) is 17.8 Å². The second-order valence-corrected chi connectivity index (χ2v) is 4.83. The van der Waals surface area contributed by atoms with Gasteiger partial charge in [-0.1, -0.05) is 6.07 Å². The summed E-state index contributed by atoms with van der Waals surface area (Å²) in [5.74, 6) is -0.930. The van der Waals surface area contributed by atoms with Gasteiger partial charge in [0, 0.05) is 18.7 Å². The molecular weight excluding hydrogens is 261 g/mol. The van der Waals surface area contributed by atoms with E-state index in [1.807, 2.05) is 0 Å². The molecule has 1 aliphatic rings. The molecule has 2 rings (SSSR count). The highest BCUT2D eigenvalue weighted by molar-refractivity contribution is 5.94. The first-order chi connectivity index (χ1) is 9.61. The first-order valence-corrected chi connectivity index (χ1v) is 6.83. The van der Waals surface area contributed by atoms with Crippen molar-refractivity contribution in [2.24, 2.45) is 5.92 Å². The van der Waals surface area contributed by atoms with Gasteiger partial charge in [-0.15, -0.1) is 0 Å². The largest absolute Gasteiger partial charge is 0.466 e. The monoisotopic (exact) mass is 279 g/mol. The minimum atomic E-state index is -0.419. The zero-order chi connectivity index (χ0) is 14.5. The van der Waals surface area contributed by atoms with Crippen LogP contribution in [0.1, 0.15) is 30.1 Å². The van der Waals surface area contributed by atoms with Gasteiger partial charge in [0.2, 0.25) is 0 Å². The van der Waals surface area contributed by atoms with Crippen LogP contribution in [0, 0.1) is 11.7 Å². The Bertz CT molecular complexity index is 496. The standard InChI is InChI=1S/C15H18FNO3/c1-2-20-15(19)11-6-8-17(9-7-11)14(18)12-4-3-5-13(16)10-12/h3-5,10-11H,2,6-9H2,1H3. The summed E-state index contributed by atoms with van der Waals surface area (Å²) in [6, 6.07) is 5.67. The number of benzene rings is 1. The fraction of sp³-hybridized carbons (Fsp3) is 0.467. The first kappa shape index (κ1) is 14.5. The molecule has 0 atom stereocenters. The molecule has 1 aromatic rings. The number of amides is 1. The van der Waals surface area contributed by atoms with Crippen LogP contribution < -0.4 is 0 Å². The Morgan fingerprint density at radius 2 is 2.05 bits per heavy atom. The number of hydrogen-bond acceptors (Lipinski definition) is 3. The van der Waals surface area contributed by atoms with Crippen molar-refractivity contribution in [3.05, 3.63) is 35.6 Å². The Morgan fingerprint density at radius 3 is 2.65 bits per heavy atom. The van der Waals surface area contributed by atoms with Crippen molar-refractivity contribution in [1.29, 1.82) is 0 Å². The fourth-order valence-corrected chi connectivity index (χ4v) is 2.38. The van der Waals surface area contributed by atoms with Gasteiger partial charge in [-0.05, 0) is 38.0 Å². The smallest absolute Gasteiger partial charge is 0.309 e. The molecule has 0 bridgehead atoms. The maximum Gasteiger partial charge on any atom is 0.309 e. The van der Waals surface area contributed by atoms with Crippen LogP contribution in [0.25, 0.3) is 0 Å². The van der Waals surface area contributed by atoms with E-state index in [1.54, 1.807) is 17.9 Å². The lowest BCUT2D eigenvalue weighted by molar-refractivity contribution is -0.149. The minimum absolute atomic E-state index is 0.133. The Balaban J connectivity index is 1.93. The van der Waals surface area contributed by atoms with Crippen LogP contribution in [0.5, 0.6) is 0 Å². The van der Waals surface area contributed by atoms with E-state index in [0.29, 0.717) is 38.1 Å². The summed E-state index contributed by atoms with van der Waals surface area (Å²) < 4.78 is 18.1. The van der Waals surface area contributed by atoms with E-state index in [2.05, 4.69) is 0 Å². The van der Waals surface area contributed by atoms with Crippen molar-refractivity contribution in [3.8, 4) is 0 Å². The molecule has 1 aromatic carbocycles. The summed E-state index contributed by atoms with van der Waals surface area (Å²) in [5, 5.41) is 0. The molecule has 1 aliphatic heterocycles. The van der Waals surface area contributed by atoms with Gasteiger partial charge in [-0.2, -0.15) is 0 Å². The van der Waals surface area contributed by atoms with Crippen LogP contribution in [-0.4, -0.2) is 36.5 Å². The van der Waals surface area contributed by atoms with Crippen molar-refractivity contribution < 1.29 is 18.7 Å². The molecule has 1 amide bonds. The molecule has 0 aromatic heterocycles. The van der Waals surface area contributed by atoms with E-state index >= 15 is 0 Å². The second-order valence-electron chi connectivity index (χ2n) is 4.83. The average Bonchev–Trinajstić information content (AvgIpc) is 2.47. The molecule has 1 heterocycles. The number of nitrogens with zero attached hydrogens (tertiary/aromatic N) is 1. The van der Waals surface area contributed by atoms with Crippen LogP contribution in [0.2, 0.25) is 0 Å². The molecule has 0 spiro atoms. The number of rotatable bonds is 3. The molecule has 0 N–H and O–H groups in total. The highest BCUT2D eigenvalue weighted by Gasteiger charge is 2.28. The molecule has 108 valence electrons. The lowest BCUT2D eigenvalue weighted by Crippen LogP contribution is -2.40. The second kappa shape index (κ2) is 6.50. The van der Waals surface area contributed by atoms with Gasteiger partial charge in [-0.25, -0.2) is 4.39 Å². The van der Waals surface area contributed by atoms with Crippen molar-refractivity contribution >= 4 is 11.9 Å². The summed E-state index contributed by atoms with van der Waals surface area (Å²) in [7, 11) is 0. The van der Waals surface area contributed by atoms with Gasteiger partial charge in [-0.3, -0.25) is 9.59 Å². The van der Waals surface area contributed by atoms with Crippen molar-refractivity contribution in [1.82, 2.24) is 4.90 Å². The molecule has 0 unspecified atom stereocenters. The summed E-state index contributed by atoms with van der Waals surface area (Å²) >= 11 is 0. The van der Waals surface area contributed by atoms with E-state index in [0.717, 1.165) is 0 Å². The molecule has 0 saturated carbocycles. The van der Waals surface area contributed by atoms with Crippen molar-refractivity contribution in [3.63, 3.8) is 0 Å². The quantitative estimate of drug-likeness (QED) is 0.797. The van der Waals surface area contributed by atoms with E-state index in [4.69, 9.17) is 4.74 Å². The third kappa shape index (κ3) is 3.35. The lowest BCUT2D eigenvalue weighted by Gasteiger charge is -2.30. The highest BCUT2D eigenvalue weighted by atomic mass is 19.1. The third-order valence-corrected chi connectivity index (χ3v) is 3.47. The summed E-state index contributed by atoms with van der Waals surface area (Å²) in [4.78, 5) is 25.5. The van der Waals surface area contributed by atoms with Crippen molar-refractivity contribution in [2.75, 3.05) is 19.7 Å². The maximum absolute atomic E-state index is 13.1. The number of esters is 1. The fourth-order valence-electron chi connectivity index (χ4n) is 2.38. The SMILES string of the molecule is CCOC(=O)C1CCN(C(=O)c2cccc(F)c2)CC1. The maximum atomic E-state index is 13.1. The van der Waals surface area contributed by atoms with Crippen LogP contribution in [0.3, 0.4) is 0 Å². The van der Waals surface area contributed by atoms with Gasteiger partial charge in [0.05, 0.1) is 12.5 Å². The van der Waals surface area contributed by atoms with Gasteiger partial charge in [0.25, 0.3) is 5.91 Å². The minimum Gasteiger partial charge on any atom is -0.466 e. The molecule has 1 fully saturated rings. The summed E-state index contributed by atoms with van der Waals surface area (Å²) in [6.07, 6.45) is 1.19. The predicted molar refractivity (Wildman–Crippen MR) is 71.7 cm³/mol. The topological polar surface area (TPSA) is 46.6 Å². The van der Waals surface area contributed by atoms with Crippen LogP contribution in [0.15, 0.2) is 24.3 Å². The average molecular weight is 279 g/mol. The Labute approximate surface area is 117 Å². The molecule has 0 aliphatic carbocycles. The van der Waals surface area contributed by atoms with E-state index < -0.39 is 5.82 Å².